The first-order valence-corrected chi connectivity index (χ1v) is 9.53. The van der Waals surface area contributed by atoms with Crippen LogP contribution >= 0.6 is 0 Å². The van der Waals surface area contributed by atoms with Crippen LogP contribution in [0.2, 0.25) is 0 Å². The molecule has 27 heavy (non-hydrogen) atoms. The Morgan fingerprint density at radius 1 is 1.22 bits per heavy atom. The van der Waals surface area contributed by atoms with Crippen LogP contribution in [0.3, 0.4) is 0 Å². The van der Waals surface area contributed by atoms with E-state index in [0.29, 0.717) is 41.6 Å². The van der Waals surface area contributed by atoms with Gasteiger partial charge in [-0.3, -0.25) is 9.59 Å². The summed E-state index contributed by atoms with van der Waals surface area (Å²) in [5.41, 5.74) is 2.44. The fourth-order valence-corrected chi connectivity index (χ4v) is 3.42. The number of benzene rings is 1. The molecule has 3 atom stereocenters. The summed E-state index contributed by atoms with van der Waals surface area (Å²) in [5, 5.41) is 9.31. The number of nitriles is 1. The van der Waals surface area contributed by atoms with Crippen LogP contribution in [-0.2, 0) is 0 Å². The van der Waals surface area contributed by atoms with Gasteiger partial charge in [-0.1, -0.05) is 44.2 Å². The smallest absolute Gasteiger partial charge is 0.180 e. The minimum atomic E-state index is -0.257. The van der Waals surface area contributed by atoms with E-state index in [2.05, 4.69) is 18.0 Å². The minimum Gasteiger partial charge on any atom is -0.294 e. The number of Topliss-reactive ketones (excluding diaryl/α,β-unsaturated/α-hetero) is 2. The van der Waals surface area contributed by atoms with Gasteiger partial charge in [0.1, 0.15) is 5.69 Å². The van der Waals surface area contributed by atoms with E-state index in [0.717, 1.165) is 12.0 Å². The quantitative estimate of drug-likeness (QED) is 0.625. The van der Waals surface area contributed by atoms with Crippen LogP contribution in [0.1, 0.15) is 77.6 Å². The van der Waals surface area contributed by atoms with E-state index in [1.807, 2.05) is 30.3 Å². The molecular formula is C23H24N2O2. The Bertz CT molecular complexity index is 883. The van der Waals surface area contributed by atoms with Crippen LogP contribution < -0.4 is 0 Å². The van der Waals surface area contributed by atoms with Gasteiger partial charge in [-0.05, 0) is 36.0 Å². The van der Waals surface area contributed by atoms with E-state index in [1.54, 1.807) is 19.1 Å². The minimum absolute atomic E-state index is 0.0573. The number of nitrogens with zero attached hydrogens (tertiary/aromatic N) is 2. The summed E-state index contributed by atoms with van der Waals surface area (Å²) in [6.45, 7) is 3.94. The molecule has 2 aromatic rings. The lowest BCUT2D eigenvalue weighted by Gasteiger charge is -2.16. The lowest BCUT2D eigenvalue weighted by atomic mass is 9.90. The fraction of sp³-hybridized carbons (Fsp3) is 0.391. The van der Waals surface area contributed by atoms with Gasteiger partial charge in [-0.25, -0.2) is 4.98 Å². The van der Waals surface area contributed by atoms with E-state index in [9.17, 15) is 14.9 Å². The first kappa shape index (κ1) is 19.0. The van der Waals surface area contributed by atoms with Crippen LogP contribution in [-0.4, -0.2) is 16.6 Å². The second-order valence-corrected chi connectivity index (χ2v) is 7.37. The third kappa shape index (κ3) is 4.49. The van der Waals surface area contributed by atoms with E-state index < -0.39 is 0 Å². The summed E-state index contributed by atoms with van der Waals surface area (Å²) in [7, 11) is 0. The molecule has 1 heterocycles. The van der Waals surface area contributed by atoms with Crippen molar-refractivity contribution in [3.05, 3.63) is 65.0 Å². The second kappa shape index (κ2) is 8.26. The number of hydrogen-bond donors (Lipinski definition) is 0. The zero-order valence-electron chi connectivity index (χ0n) is 15.8. The number of carbonyl (C=O) groups excluding carboxylic acids is 2. The Morgan fingerprint density at radius 2 is 1.93 bits per heavy atom. The number of rotatable bonds is 8. The number of hydrogen-bond acceptors (Lipinski definition) is 4. The van der Waals surface area contributed by atoms with Gasteiger partial charge in [-0.15, -0.1) is 0 Å². The zero-order valence-corrected chi connectivity index (χ0v) is 15.8. The molecule has 4 nitrogen and oxygen atoms in total. The summed E-state index contributed by atoms with van der Waals surface area (Å²) in [6, 6.07) is 15.3. The molecule has 1 fully saturated rings. The number of pyridine rings is 1. The van der Waals surface area contributed by atoms with Gasteiger partial charge in [0.05, 0.1) is 11.8 Å². The van der Waals surface area contributed by atoms with Crippen LogP contribution in [0.4, 0.5) is 0 Å². The van der Waals surface area contributed by atoms with Gasteiger partial charge in [0.2, 0.25) is 0 Å². The molecule has 1 aliphatic carbocycles. The molecule has 3 rings (SSSR count). The average molecular weight is 360 g/mol. The first-order chi connectivity index (χ1) is 13.0. The maximum absolute atomic E-state index is 12.8. The molecule has 0 N–H and O–H groups in total. The van der Waals surface area contributed by atoms with Crippen LogP contribution in [0, 0.1) is 23.2 Å². The second-order valence-electron chi connectivity index (χ2n) is 7.37. The third-order valence-corrected chi connectivity index (χ3v) is 5.35. The number of carbonyl (C=O) groups is 2. The van der Waals surface area contributed by atoms with Gasteiger partial charge in [0.15, 0.2) is 11.6 Å². The summed E-state index contributed by atoms with van der Waals surface area (Å²) >= 11 is 0. The van der Waals surface area contributed by atoms with Crippen LogP contribution in [0.25, 0.3) is 0 Å². The van der Waals surface area contributed by atoms with Crippen molar-refractivity contribution < 1.29 is 9.59 Å². The van der Waals surface area contributed by atoms with Crippen LogP contribution in [0.5, 0.6) is 0 Å². The van der Waals surface area contributed by atoms with Gasteiger partial charge < -0.3 is 0 Å². The first-order valence-electron chi connectivity index (χ1n) is 9.53. The largest absolute Gasteiger partial charge is 0.294 e. The predicted octanol–water partition coefficient (Wildman–Crippen LogP) is 4.95. The Labute approximate surface area is 160 Å². The lowest BCUT2D eigenvalue weighted by Crippen LogP contribution is -2.12. The highest BCUT2D eigenvalue weighted by molar-refractivity contribution is 6.00. The number of ketones is 2. The van der Waals surface area contributed by atoms with Gasteiger partial charge in [0.25, 0.3) is 0 Å². The van der Waals surface area contributed by atoms with Gasteiger partial charge in [0, 0.05) is 30.7 Å². The highest BCUT2D eigenvalue weighted by Crippen LogP contribution is 2.41. The normalized spacial score (nSPS) is 19.1. The Kier molecular flexibility index (Phi) is 5.81. The van der Waals surface area contributed by atoms with Gasteiger partial charge in [-0.2, -0.15) is 5.26 Å². The van der Waals surface area contributed by atoms with E-state index in [4.69, 9.17) is 0 Å². The summed E-state index contributed by atoms with van der Waals surface area (Å²) < 4.78 is 0. The van der Waals surface area contributed by atoms with Crippen molar-refractivity contribution >= 4 is 11.6 Å². The molecule has 0 bridgehead atoms. The molecule has 1 aromatic carbocycles. The maximum Gasteiger partial charge on any atom is 0.180 e. The lowest BCUT2D eigenvalue weighted by molar-refractivity contribution is 0.0974. The van der Waals surface area contributed by atoms with E-state index in [1.165, 1.54) is 0 Å². The molecule has 1 saturated carbocycles. The molecular weight excluding hydrogens is 336 g/mol. The summed E-state index contributed by atoms with van der Waals surface area (Å²) in [5.74, 6) is 0.759. The highest BCUT2D eigenvalue weighted by Gasteiger charge is 2.34. The van der Waals surface area contributed by atoms with Crippen molar-refractivity contribution in [1.29, 1.82) is 5.26 Å². The molecule has 0 spiro atoms. The highest BCUT2D eigenvalue weighted by atomic mass is 16.1. The average Bonchev–Trinajstić information content (AvgIpc) is 3.39. The third-order valence-electron chi connectivity index (χ3n) is 5.35. The van der Waals surface area contributed by atoms with Crippen molar-refractivity contribution in [2.45, 2.75) is 45.4 Å². The predicted molar refractivity (Wildman–Crippen MR) is 104 cm³/mol. The standard InChI is InChI=1S/C23H24N2O2/c1-3-22(26)21-13-18(23(27)14-17-11-15(17)2)12-20(25-21)19(9-10-24)16-7-5-4-6-8-16/h4-8,12-13,15,17,19H,3,9,11,14H2,1-2H3/t15-,17+,19+/m0/s1. The Balaban J connectivity index is 2.01. The van der Waals surface area contributed by atoms with Crippen molar-refractivity contribution in [3.63, 3.8) is 0 Å². The zero-order chi connectivity index (χ0) is 19.4. The van der Waals surface area contributed by atoms with Crippen molar-refractivity contribution in [2.24, 2.45) is 11.8 Å². The monoisotopic (exact) mass is 360 g/mol. The van der Waals surface area contributed by atoms with Crippen molar-refractivity contribution in [3.8, 4) is 6.07 Å². The molecule has 0 saturated heterocycles. The molecule has 0 aliphatic heterocycles. The summed E-state index contributed by atoms with van der Waals surface area (Å²) in [4.78, 5) is 29.6. The van der Waals surface area contributed by atoms with E-state index in [-0.39, 0.29) is 23.9 Å². The van der Waals surface area contributed by atoms with E-state index >= 15 is 0 Å². The molecule has 4 heteroatoms. The van der Waals surface area contributed by atoms with Crippen LogP contribution in [0.15, 0.2) is 42.5 Å². The maximum atomic E-state index is 12.8. The molecule has 1 aromatic heterocycles. The topological polar surface area (TPSA) is 70.8 Å². The molecule has 138 valence electrons. The van der Waals surface area contributed by atoms with Crippen molar-refractivity contribution in [1.82, 2.24) is 4.98 Å². The SMILES string of the molecule is CCC(=O)c1cc(C(=O)C[C@H]2C[C@@H]2C)cc([C@H](CC#N)c2ccccc2)n1. The Hall–Kier alpha value is -2.80. The molecule has 0 amide bonds. The Morgan fingerprint density at radius 3 is 2.52 bits per heavy atom. The van der Waals surface area contributed by atoms with Gasteiger partial charge >= 0.3 is 0 Å². The molecule has 0 unspecified atom stereocenters. The fourth-order valence-electron chi connectivity index (χ4n) is 3.42. The van der Waals surface area contributed by atoms with Crippen molar-refractivity contribution in [2.75, 3.05) is 0 Å². The molecule has 1 aliphatic rings. The molecule has 0 radical (unpaired) electrons. The number of aromatic nitrogens is 1. The summed E-state index contributed by atoms with van der Waals surface area (Å²) in [6.07, 6.45) is 2.18.